The van der Waals surface area contributed by atoms with E-state index in [1.165, 1.54) is 11.1 Å². The second-order valence-corrected chi connectivity index (χ2v) is 6.48. The van der Waals surface area contributed by atoms with Crippen LogP contribution in [0.15, 0.2) is 48.5 Å². The van der Waals surface area contributed by atoms with Crippen molar-refractivity contribution in [2.24, 2.45) is 0 Å². The number of nitrogens with one attached hydrogen (secondary N) is 2. The maximum Gasteiger partial charge on any atom is 0.127 e. The van der Waals surface area contributed by atoms with Gasteiger partial charge in [-0.05, 0) is 18.2 Å². The smallest absolute Gasteiger partial charge is 0.127 e. The van der Waals surface area contributed by atoms with E-state index in [1.807, 2.05) is 24.3 Å². The molecule has 2 N–H and O–H groups in total. The van der Waals surface area contributed by atoms with E-state index in [0.29, 0.717) is 0 Å². The molecular formula is C18H22ClFN2+2. The Kier molecular flexibility index (Phi) is 5.08. The lowest BCUT2D eigenvalue weighted by Gasteiger charge is -2.30. The summed E-state index contributed by atoms with van der Waals surface area (Å²) in [5, 5.41) is 0.871. The quantitative estimate of drug-likeness (QED) is 0.830. The lowest BCUT2D eigenvalue weighted by molar-refractivity contribution is -1.02. The average Bonchev–Trinajstić information content (AvgIpc) is 2.54. The summed E-state index contributed by atoms with van der Waals surface area (Å²) in [6.45, 7) is 6.60. The molecule has 1 heterocycles. The van der Waals surface area contributed by atoms with Crippen LogP contribution >= 0.6 is 11.6 Å². The van der Waals surface area contributed by atoms with Crippen LogP contribution in [0.5, 0.6) is 0 Å². The van der Waals surface area contributed by atoms with E-state index in [2.05, 4.69) is 12.1 Å². The Hall–Kier alpha value is -1.42. The molecule has 2 aromatic rings. The number of hydrogen-bond donors (Lipinski definition) is 2. The summed E-state index contributed by atoms with van der Waals surface area (Å²) in [5.74, 6) is -0.159. The predicted molar refractivity (Wildman–Crippen MR) is 86.7 cm³/mol. The van der Waals surface area contributed by atoms with E-state index in [9.17, 15) is 4.39 Å². The molecule has 1 aliphatic heterocycles. The molecule has 3 rings (SSSR count). The first kappa shape index (κ1) is 15.5. The van der Waals surface area contributed by atoms with Gasteiger partial charge in [0.05, 0.1) is 0 Å². The van der Waals surface area contributed by atoms with Crippen molar-refractivity contribution in [2.45, 2.75) is 13.1 Å². The number of benzene rings is 2. The fourth-order valence-electron chi connectivity index (χ4n) is 3.11. The third-order valence-electron chi connectivity index (χ3n) is 4.43. The molecule has 116 valence electrons. The van der Waals surface area contributed by atoms with Gasteiger partial charge in [0.1, 0.15) is 45.1 Å². The van der Waals surface area contributed by atoms with E-state index in [0.717, 1.165) is 44.3 Å². The van der Waals surface area contributed by atoms with Crippen LogP contribution in [0.1, 0.15) is 11.1 Å². The molecule has 0 atom stereocenters. The minimum absolute atomic E-state index is 0.159. The fourth-order valence-corrected chi connectivity index (χ4v) is 3.32. The van der Waals surface area contributed by atoms with Crippen molar-refractivity contribution >= 4 is 11.6 Å². The minimum Gasteiger partial charge on any atom is -0.322 e. The second kappa shape index (κ2) is 7.23. The summed E-state index contributed by atoms with van der Waals surface area (Å²) in [6.07, 6.45) is 0. The van der Waals surface area contributed by atoms with Gasteiger partial charge in [0, 0.05) is 16.1 Å². The van der Waals surface area contributed by atoms with Gasteiger partial charge in [-0.1, -0.05) is 41.9 Å². The SMILES string of the molecule is Fc1ccc(C[NH+]2CC[NH+](Cc3ccccc3Cl)CC2)cc1. The number of halogens is 2. The zero-order chi connectivity index (χ0) is 15.4. The van der Waals surface area contributed by atoms with Gasteiger partial charge in [-0.2, -0.15) is 0 Å². The Morgan fingerprint density at radius 3 is 2.05 bits per heavy atom. The van der Waals surface area contributed by atoms with Gasteiger partial charge in [-0.25, -0.2) is 4.39 Å². The highest BCUT2D eigenvalue weighted by Crippen LogP contribution is 2.13. The van der Waals surface area contributed by atoms with Crippen molar-refractivity contribution in [2.75, 3.05) is 26.2 Å². The van der Waals surface area contributed by atoms with Crippen molar-refractivity contribution in [1.82, 2.24) is 0 Å². The Balaban J connectivity index is 1.50. The van der Waals surface area contributed by atoms with Crippen LogP contribution in [0.2, 0.25) is 5.02 Å². The molecule has 0 amide bonds. The van der Waals surface area contributed by atoms with E-state index >= 15 is 0 Å². The normalized spacial score (nSPS) is 21.7. The minimum atomic E-state index is -0.159. The lowest BCUT2D eigenvalue weighted by atomic mass is 10.1. The highest BCUT2D eigenvalue weighted by atomic mass is 35.5. The van der Waals surface area contributed by atoms with Crippen LogP contribution in [-0.2, 0) is 13.1 Å². The predicted octanol–water partition coefficient (Wildman–Crippen LogP) is 0.963. The Morgan fingerprint density at radius 1 is 0.818 bits per heavy atom. The molecule has 0 spiro atoms. The third kappa shape index (κ3) is 4.07. The molecule has 0 unspecified atom stereocenters. The molecule has 22 heavy (non-hydrogen) atoms. The average molecular weight is 321 g/mol. The van der Waals surface area contributed by atoms with Gasteiger partial charge in [0.2, 0.25) is 0 Å². The lowest BCUT2D eigenvalue weighted by Crippen LogP contribution is -3.27. The largest absolute Gasteiger partial charge is 0.322 e. The molecule has 4 heteroatoms. The zero-order valence-electron chi connectivity index (χ0n) is 12.6. The summed E-state index contributed by atoms with van der Waals surface area (Å²) in [7, 11) is 0. The summed E-state index contributed by atoms with van der Waals surface area (Å²) < 4.78 is 12.9. The zero-order valence-corrected chi connectivity index (χ0v) is 13.4. The monoisotopic (exact) mass is 320 g/mol. The topological polar surface area (TPSA) is 8.88 Å². The molecule has 2 nitrogen and oxygen atoms in total. The van der Waals surface area contributed by atoms with Crippen LogP contribution in [0.3, 0.4) is 0 Å². The van der Waals surface area contributed by atoms with E-state index in [-0.39, 0.29) is 5.82 Å². The Bertz CT molecular complexity index is 607. The molecule has 0 aliphatic carbocycles. The number of hydrogen-bond acceptors (Lipinski definition) is 0. The molecule has 1 fully saturated rings. The van der Waals surface area contributed by atoms with E-state index in [1.54, 1.807) is 21.9 Å². The number of rotatable bonds is 4. The fraction of sp³-hybridized carbons (Fsp3) is 0.333. The third-order valence-corrected chi connectivity index (χ3v) is 4.80. The maximum atomic E-state index is 12.9. The molecule has 1 saturated heterocycles. The van der Waals surface area contributed by atoms with E-state index < -0.39 is 0 Å². The van der Waals surface area contributed by atoms with Crippen LogP contribution in [0.25, 0.3) is 0 Å². The first-order chi connectivity index (χ1) is 10.7. The number of quaternary nitrogens is 2. The van der Waals surface area contributed by atoms with Gasteiger partial charge in [0.15, 0.2) is 0 Å². The van der Waals surface area contributed by atoms with Gasteiger partial charge in [0.25, 0.3) is 0 Å². The molecule has 2 aromatic carbocycles. The van der Waals surface area contributed by atoms with Gasteiger partial charge < -0.3 is 9.80 Å². The van der Waals surface area contributed by atoms with Crippen molar-refractivity contribution < 1.29 is 14.2 Å². The molecule has 0 saturated carbocycles. The van der Waals surface area contributed by atoms with Crippen LogP contribution in [-0.4, -0.2) is 26.2 Å². The Labute approximate surface area is 136 Å². The molecule has 0 aromatic heterocycles. The highest BCUT2D eigenvalue weighted by Gasteiger charge is 2.23. The standard InChI is InChI=1S/C18H20ClFN2/c19-18-4-2-1-3-16(18)14-22-11-9-21(10-12-22)13-15-5-7-17(20)8-6-15/h1-8H,9-14H2/p+2. The molecule has 0 radical (unpaired) electrons. The summed E-state index contributed by atoms with van der Waals surface area (Å²) >= 11 is 6.24. The first-order valence-corrected chi connectivity index (χ1v) is 8.23. The van der Waals surface area contributed by atoms with Crippen molar-refractivity contribution in [3.63, 3.8) is 0 Å². The first-order valence-electron chi connectivity index (χ1n) is 7.86. The maximum absolute atomic E-state index is 12.9. The summed E-state index contributed by atoms with van der Waals surface area (Å²) in [6, 6.07) is 15.0. The summed E-state index contributed by atoms with van der Waals surface area (Å²) in [4.78, 5) is 3.17. The van der Waals surface area contributed by atoms with Gasteiger partial charge >= 0.3 is 0 Å². The summed E-state index contributed by atoms with van der Waals surface area (Å²) in [5.41, 5.74) is 2.45. The highest BCUT2D eigenvalue weighted by molar-refractivity contribution is 6.31. The van der Waals surface area contributed by atoms with Crippen molar-refractivity contribution in [3.05, 3.63) is 70.5 Å². The van der Waals surface area contributed by atoms with E-state index in [4.69, 9.17) is 11.6 Å². The van der Waals surface area contributed by atoms with Crippen molar-refractivity contribution in [3.8, 4) is 0 Å². The molecule has 0 bridgehead atoms. The molecule has 1 aliphatic rings. The van der Waals surface area contributed by atoms with Crippen molar-refractivity contribution in [1.29, 1.82) is 0 Å². The van der Waals surface area contributed by atoms with Gasteiger partial charge in [-0.3, -0.25) is 0 Å². The molecular weight excluding hydrogens is 299 g/mol. The van der Waals surface area contributed by atoms with Crippen LogP contribution < -0.4 is 9.80 Å². The second-order valence-electron chi connectivity index (χ2n) is 6.07. The van der Waals surface area contributed by atoms with Crippen LogP contribution in [0, 0.1) is 5.82 Å². The Morgan fingerprint density at radius 2 is 1.41 bits per heavy atom. The van der Waals surface area contributed by atoms with Gasteiger partial charge in [-0.15, -0.1) is 0 Å². The van der Waals surface area contributed by atoms with Crippen LogP contribution in [0.4, 0.5) is 4.39 Å². The number of piperazine rings is 1.